The summed E-state index contributed by atoms with van der Waals surface area (Å²) in [6.07, 6.45) is 3.45. The van der Waals surface area contributed by atoms with E-state index in [9.17, 15) is 0 Å². The first kappa shape index (κ1) is 14.9. The smallest absolute Gasteiger partial charge is 0.247 e. The van der Waals surface area contributed by atoms with Gasteiger partial charge in [0.1, 0.15) is 11.5 Å². The maximum Gasteiger partial charge on any atom is 0.247 e. The fraction of sp³-hybridized carbons (Fsp3) is 0.267. The Bertz CT molecular complexity index is 808. The fourth-order valence-electron chi connectivity index (χ4n) is 2.18. The van der Waals surface area contributed by atoms with Crippen molar-refractivity contribution in [2.45, 2.75) is 0 Å². The molecular weight excluding hydrogens is 296 g/mol. The zero-order valence-corrected chi connectivity index (χ0v) is 13.4. The molecular formula is C15H18N6O2. The number of benzene rings is 1. The van der Waals surface area contributed by atoms with E-state index in [1.54, 1.807) is 37.2 Å². The second-order valence-corrected chi connectivity index (χ2v) is 5.08. The van der Waals surface area contributed by atoms with Crippen molar-refractivity contribution in [3.8, 4) is 11.5 Å². The molecule has 8 nitrogen and oxygen atoms in total. The highest BCUT2D eigenvalue weighted by Crippen LogP contribution is 2.27. The van der Waals surface area contributed by atoms with Crippen LogP contribution in [-0.4, -0.2) is 47.9 Å². The van der Waals surface area contributed by atoms with Crippen LogP contribution < -0.4 is 19.7 Å². The lowest BCUT2D eigenvalue weighted by Crippen LogP contribution is -2.12. The van der Waals surface area contributed by atoms with Gasteiger partial charge in [-0.2, -0.15) is 4.98 Å². The molecule has 3 aromatic rings. The molecule has 1 aromatic carbocycles. The van der Waals surface area contributed by atoms with Crippen LogP contribution in [0.1, 0.15) is 0 Å². The van der Waals surface area contributed by atoms with Gasteiger partial charge in [-0.05, 0) is 0 Å². The van der Waals surface area contributed by atoms with Gasteiger partial charge in [0.25, 0.3) is 0 Å². The summed E-state index contributed by atoms with van der Waals surface area (Å²) in [6, 6.07) is 5.50. The van der Waals surface area contributed by atoms with Gasteiger partial charge in [-0.25, -0.2) is 9.50 Å². The van der Waals surface area contributed by atoms with Gasteiger partial charge < -0.3 is 19.7 Å². The van der Waals surface area contributed by atoms with Crippen LogP contribution in [0.2, 0.25) is 0 Å². The Morgan fingerprint density at radius 3 is 2.39 bits per heavy atom. The molecule has 0 saturated heterocycles. The SMILES string of the molecule is COc1cc(Nc2nc3c(N(C)C)nccn3n2)cc(OC)c1. The van der Waals surface area contributed by atoms with Gasteiger partial charge in [0.2, 0.25) is 5.95 Å². The first-order chi connectivity index (χ1) is 11.1. The van der Waals surface area contributed by atoms with Crippen LogP contribution in [0.5, 0.6) is 11.5 Å². The van der Waals surface area contributed by atoms with Crippen LogP contribution in [0.15, 0.2) is 30.6 Å². The number of hydrogen-bond acceptors (Lipinski definition) is 7. The molecule has 2 heterocycles. The van der Waals surface area contributed by atoms with Gasteiger partial charge in [0.05, 0.1) is 14.2 Å². The topological polar surface area (TPSA) is 76.8 Å². The van der Waals surface area contributed by atoms with Crippen LogP contribution >= 0.6 is 0 Å². The molecule has 1 N–H and O–H groups in total. The first-order valence-corrected chi connectivity index (χ1v) is 6.99. The fourth-order valence-corrected chi connectivity index (χ4v) is 2.18. The largest absolute Gasteiger partial charge is 0.497 e. The average molecular weight is 314 g/mol. The van der Waals surface area contributed by atoms with E-state index in [0.29, 0.717) is 23.1 Å². The summed E-state index contributed by atoms with van der Waals surface area (Å²) < 4.78 is 12.2. The molecule has 0 amide bonds. The number of ether oxygens (including phenoxy) is 2. The van der Waals surface area contributed by atoms with E-state index in [1.807, 2.05) is 31.1 Å². The number of anilines is 3. The highest BCUT2D eigenvalue weighted by atomic mass is 16.5. The number of nitrogens with one attached hydrogen (secondary N) is 1. The number of fused-ring (bicyclic) bond motifs is 1. The standard InChI is InChI=1S/C15H18N6O2/c1-20(2)13-14-18-15(19-21(14)6-5-16-13)17-10-7-11(22-3)9-12(8-10)23-4/h5-9H,1-4H3,(H,17,19). The summed E-state index contributed by atoms with van der Waals surface area (Å²) in [5.41, 5.74) is 1.45. The van der Waals surface area contributed by atoms with Crippen LogP contribution in [0.4, 0.5) is 17.5 Å². The van der Waals surface area contributed by atoms with Crippen LogP contribution in [0.25, 0.3) is 5.65 Å². The Morgan fingerprint density at radius 2 is 1.78 bits per heavy atom. The number of aromatic nitrogens is 4. The minimum atomic E-state index is 0.469. The molecule has 0 aliphatic carbocycles. The van der Waals surface area contributed by atoms with Crippen LogP contribution in [-0.2, 0) is 0 Å². The molecule has 2 aromatic heterocycles. The van der Waals surface area contributed by atoms with E-state index in [0.717, 1.165) is 11.5 Å². The van der Waals surface area contributed by atoms with Crippen molar-refractivity contribution in [3.05, 3.63) is 30.6 Å². The summed E-state index contributed by atoms with van der Waals surface area (Å²) >= 11 is 0. The van der Waals surface area contributed by atoms with Gasteiger partial charge in [-0.1, -0.05) is 0 Å². The van der Waals surface area contributed by atoms with Gasteiger partial charge in [-0.15, -0.1) is 5.10 Å². The van der Waals surface area contributed by atoms with E-state index in [2.05, 4.69) is 20.4 Å². The zero-order chi connectivity index (χ0) is 16.4. The zero-order valence-electron chi connectivity index (χ0n) is 13.4. The third kappa shape index (κ3) is 2.96. The molecule has 0 saturated carbocycles. The first-order valence-electron chi connectivity index (χ1n) is 6.99. The van der Waals surface area contributed by atoms with E-state index >= 15 is 0 Å². The molecule has 8 heteroatoms. The summed E-state index contributed by atoms with van der Waals surface area (Å²) in [7, 11) is 7.04. The highest BCUT2D eigenvalue weighted by molar-refractivity contribution is 5.67. The van der Waals surface area contributed by atoms with Crippen molar-refractivity contribution in [3.63, 3.8) is 0 Å². The molecule has 23 heavy (non-hydrogen) atoms. The Labute approximate surface area is 133 Å². The van der Waals surface area contributed by atoms with Crippen molar-refractivity contribution in [1.82, 2.24) is 19.6 Å². The quantitative estimate of drug-likeness (QED) is 0.771. The molecule has 0 spiro atoms. The molecule has 0 bridgehead atoms. The lowest BCUT2D eigenvalue weighted by atomic mass is 10.3. The van der Waals surface area contributed by atoms with E-state index < -0.39 is 0 Å². The van der Waals surface area contributed by atoms with Crippen LogP contribution in [0.3, 0.4) is 0 Å². The van der Waals surface area contributed by atoms with E-state index in [4.69, 9.17) is 9.47 Å². The van der Waals surface area contributed by atoms with Gasteiger partial charge in [0, 0.05) is 50.4 Å². The average Bonchev–Trinajstić information content (AvgIpc) is 2.96. The Hall–Kier alpha value is -3.03. The third-order valence-corrected chi connectivity index (χ3v) is 3.27. The second-order valence-electron chi connectivity index (χ2n) is 5.08. The number of hydrogen-bond donors (Lipinski definition) is 1. The molecule has 0 fully saturated rings. The Morgan fingerprint density at radius 1 is 1.09 bits per heavy atom. The van der Waals surface area contributed by atoms with Gasteiger partial charge in [-0.3, -0.25) is 0 Å². The van der Waals surface area contributed by atoms with E-state index in [1.165, 1.54) is 0 Å². The molecule has 0 unspecified atom stereocenters. The predicted octanol–water partition coefficient (Wildman–Crippen LogP) is 1.95. The van der Waals surface area contributed by atoms with Crippen molar-refractivity contribution >= 4 is 23.1 Å². The molecule has 0 aliphatic heterocycles. The summed E-state index contributed by atoms with van der Waals surface area (Å²) in [4.78, 5) is 10.7. The summed E-state index contributed by atoms with van der Waals surface area (Å²) in [5, 5.41) is 7.57. The summed E-state index contributed by atoms with van der Waals surface area (Å²) in [6.45, 7) is 0. The summed E-state index contributed by atoms with van der Waals surface area (Å²) in [5.74, 6) is 2.59. The monoisotopic (exact) mass is 314 g/mol. The molecule has 3 rings (SSSR count). The third-order valence-electron chi connectivity index (χ3n) is 3.27. The molecule has 0 atom stereocenters. The lowest BCUT2D eigenvalue weighted by molar-refractivity contribution is 0.395. The second kappa shape index (κ2) is 5.99. The number of methoxy groups -OCH3 is 2. The minimum absolute atomic E-state index is 0.469. The maximum absolute atomic E-state index is 5.26. The number of rotatable bonds is 5. The Kier molecular flexibility index (Phi) is 3.88. The molecule has 0 aliphatic rings. The van der Waals surface area contributed by atoms with Crippen molar-refractivity contribution in [1.29, 1.82) is 0 Å². The molecule has 0 radical (unpaired) electrons. The highest BCUT2D eigenvalue weighted by Gasteiger charge is 2.11. The lowest BCUT2D eigenvalue weighted by Gasteiger charge is -2.10. The van der Waals surface area contributed by atoms with Crippen molar-refractivity contribution in [2.75, 3.05) is 38.5 Å². The van der Waals surface area contributed by atoms with Gasteiger partial charge >= 0.3 is 0 Å². The van der Waals surface area contributed by atoms with E-state index in [-0.39, 0.29) is 0 Å². The normalized spacial score (nSPS) is 10.6. The minimum Gasteiger partial charge on any atom is -0.497 e. The van der Waals surface area contributed by atoms with Crippen molar-refractivity contribution < 1.29 is 9.47 Å². The van der Waals surface area contributed by atoms with Gasteiger partial charge in [0.15, 0.2) is 11.5 Å². The van der Waals surface area contributed by atoms with Crippen molar-refractivity contribution in [2.24, 2.45) is 0 Å². The molecule has 120 valence electrons. The maximum atomic E-state index is 5.26. The van der Waals surface area contributed by atoms with Crippen LogP contribution in [0, 0.1) is 0 Å². The predicted molar refractivity (Wildman–Crippen MR) is 87.9 cm³/mol. The Balaban J connectivity index is 1.97. The number of nitrogens with zero attached hydrogens (tertiary/aromatic N) is 5.